The molecule has 6 nitrogen and oxygen atoms in total. The van der Waals surface area contributed by atoms with Crippen LogP contribution in [0.5, 0.6) is 5.75 Å². The summed E-state index contributed by atoms with van der Waals surface area (Å²) in [7, 11) is -3.87. The van der Waals surface area contributed by atoms with Gasteiger partial charge in [-0.1, -0.05) is 12.1 Å². The van der Waals surface area contributed by atoms with Gasteiger partial charge in [0.15, 0.2) is 0 Å². The standard InChI is InChI=1S/C22H23BrN2O4S/c1-2-28-16-10-12-17(13-11-16)30(26,27)21-22(25-14-6-3-7-15-25)29-20(24-21)18-8-4-5-9-19(18)23/h4-5,8-13H,2-3,6-7,14-15H2,1H3. The van der Waals surface area contributed by atoms with Gasteiger partial charge in [-0.3, -0.25) is 0 Å². The van der Waals surface area contributed by atoms with E-state index in [0.717, 1.165) is 36.8 Å². The number of benzene rings is 2. The van der Waals surface area contributed by atoms with Crippen molar-refractivity contribution in [3.63, 3.8) is 0 Å². The van der Waals surface area contributed by atoms with Gasteiger partial charge in [-0.2, -0.15) is 4.98 Å². The van der Waals surface area contributed by atoms with Gasteiger partial charge in [-0.25, -0.2) is 8.42 Å². The van der Waals surface area contributed by atoms with Crippen LogP contribution in [0.2, 0.25) is 0 Å². The number of aromatic nitrogens is 1. The molecule has 0 radical (unpaired) electrons. The van der Waals surface area contributed by atoms with E-state index in [0.29, 0.717) is 23.8 Å². The van der Waals surface area contributed by atoms with Gasteiger partial charge in [0.25, 0.3) is 0 Å². The van der Waals surface area contributed by atoms with Crippen molar-refractivity contribution < 1.29 is 17.6 Å². The molecule has 8 heteroatoms. The van der Waals surface area contributed by atoms with E-state index < -0.39 is 9.84 Å². The van der Waals surface area contributed by atoms with Crippen molar-refractivity contribution in [2.75, 3.05) is 24.6 Å². The van der Waals surface area contributed by atoms with Crippen molar-refractivity contribution in [2.45, 2.75) is 36.1 Å². The summed E-state index contributed by atoms with van der Waals surface area (Å²) in [5.74, 6) is 1.23. The second kappa shape index (κ2) is 8.81. The third-order valence-corrected chi connectivity index (χ3v) is 7.39. The molecule has 2 aromatic carbocycles. The molecule has 0 atom stereocenters. The summed E-state index contributed by atoms with van der Waals surface area (Å²) < 4.78 is 39.3. The normalized spacial score (nSPS) is 14.7. The summed E-state index contributed by atoms with van der Waals surface area (Å²) in [4.78, 5) is 6.61. The molecule has 1 saturated heterocycles. The summed E-state index contributed by atoms with van der Waals surface area (Å²) in [5.41, 5.74) is 0.712. The molecule has 1 aliphatic heterocycles. The van der Waals surface area contributed by atoms with E-state index in [-0.39, 0.29) is 15.8 Å². The summed E-state index contributed by atoms with van der Waals surface area (Å²) in [6.45, 7) is 3.89. The molecule has 30 heavy (non-hydrogen) atoms. The Bertz CT molecular complexity index is 1120. The zero-order valence-corrected chi connectivity index (χ0v) is 19.1. The first-order valence-electron chi connectivity index (χ1n) is 9.99. The van der Waals surface area contributed by atoms with Crippen LogP contribution in [0.1, 0.15) is 26.2 Å². The topological polar surface area (TPSA) is 72.6 Å². The molecule has 158 valence electrons. The molecular weight excluding hydrogens is 468 g/mol. The minimum atomic E-state index is -3.87. The highest BCUT2D eigenvalue weighted by Gasteiger charge is 2.32. The predicted molar refractivity (Wildman–Crippen MR) is 119 cm³/mol. The van der Waals surface area contributed by atoms with Gasteiger partial charge in [0.05, 0.1) is 17.1 Å². The Labute approximate surface area is 184 Å². The lowest BCUT2D eigenvalue weighted by Crippen LogP contribution is -2.30. The van der Waals surface area contributed by atoms with Gasteiger partial charge < -0.3 is 14.1 Å². The Balaban J connectivity index is 1.81. The van der Waals surface area contributed by atoms with Crippen LogP contribution in [0, 0.1) is 0 Å². The van der Waals surface area contributed by atoms with Crippen molar-refractivity contribution in [3.05, 3.63) is 53.0 Å². The maximum atomic E-state index is 13.5. The van der Waals surface area contributed by atoms with Gasteiger partial charge in [-0.15, -0.1) is 0 Å². The zero-order valence-electron chi connectivity index (χ0n) is 16.7. The molecule has 1 aromatic heterocycles. The van der Waals surface area contributed by atoms with E-state index in [1.165, 1.54) is 0 Å². The number of hydrogen-bond acceptors (Lipinski definition) is 6. The third kappa shape index (κ3) is 4.11. The van der Waals surface area contributed by atoms with Crippen LogP contribution in [0.25, 0.3) is 11.5 Å². The molecule has 1 aliphatic rings. The van der Waals surface area contributed by atoms with Gasteiger partial charge in [0, 0.05) is 17.6 Å². The van der Waals surface area contributed by atoms with Crippen LogP contribution >= 0.6 is 15.9 Å². The smallest absolute Gasteiger partial charge is 0.236 e. The van der Waals surface area contributed by atoms with E-state index in [2.05, 4.69) is 20.9 Å². The van der Waals surface area contributed by atoms with E-state index >= 15 is 0 Å². The molecular formula is C22H23BrN2O4S. The molecule has 0 N–H and O–H groups in total. The summed E-state index contributed by atoms with van der Waals surface area (Å²) >= 11 is 3.50. The van der Waals surface area contributed by atoms with Crippen LogP contribution in [-0.2, 0) is 9.84 Å². The van der Waals surface area contributed by atoms with Crippen molar-refractivity contribution in [3.8, 4) is 17.2 Å². The Morgan fingerprint density at radius 2 is 1.77 bits per heavy atom. The lowest BCUT2D eigenvalue weighted by atomic mass is 10.1. The fourth-order valence-corrected chi connectivity index (χ4v) is 5.29. The molecule has 0 spiro atoms. The monoisotopic (exact) mass is 490 g/mol. The molecule has 0 aliphatic carbocycles. The largest absolute Gasteiger partial charge is 0.494 e. The second-order valence-electron chi connectivity index (χ2n) is 7.06. The summed E-state index contributed by atoms with van der Waals surface area (Å²) in [5, 5.41) is -0.0423. The highest BCUT2D eigenvalue weighted by atomic mass is 79.9. The Hall–Kier alpha value is -2.32. The lowest BCUT2D eigenvalue weighted by molar-refractivity contribution is 0.340. The fourth-order valence-electron chi connectivity index (χ4n) is 3.51. The number of hydrogen-bond donors (Lipinski definition) is 0. The number of oxazole rings is 1. The van der Waals surface area contributed by atoms with Crippen molar-refractivity contribution in [1.82, 2.24) is 4.98 Å². The zero-order chi connectivity index (χ0) is 21.1. The lowest BCUT2D eigenvalue weighted by Gasteiger charge is -2.26. The van der Waals surface area contributed by atoms with Crippen molar-refractivity contribution >= 4 is 31.7 Å². The molecule has 0 unspecified atom stereocenters. The predicted octanol–water partition coefficient (Wildman–Crippen LogP) is 5.33. The first-order valence-corrected chi connectivity index (χ1v) is 12.3. The number of halogens is 1. The van der Waals surface area contributed by atoms with E-state index in [1.54, 1.807) is 24.3 Å². The van der Waals surface area contributed by atoms with E-state index in [4.69, 9.17) is 9.15 Å². The van der Waals surface area contributed by atoms with Gasteiger partial charge in [0.2, 0.25) is 26.6 Å². The van der Waals surface area contributed by atoms with Crippen molar-refractivity contribution in [1.29, 1.82) is 0 Å². The Kier molecular flexibility index (Phi) is 6.15. The summed E-state index contributed by atoms with van der Waals surface area (Å²) in [6, 6.07) is 13.9. The quantitative estimate of drug-likeness (QED) is 0.465. The fraction of sp³-hybridized carbons (Fsp3) is 0.318. The highest BCUT2D eigenvalue weighted by molar-refractivity contribution is 9.10. The van der Waals surface area contributed by atoms with Crippen molar-refractivity contribution in [2.24, 2.45) is 0 Å². The first kappa shape index (κ1) is 20.9. The van der Waals surface area contributed by atoms with Crippen LogP contribution in [0.4, 0.5) is 5.88 Å². The molecule has 0 bridgehead atoms. The van der Waals surface area contributed by atoms with Crippen LogP contribution in [0.3, 0.4) is 0 Å². The summed E-state index contributed by atoms with van der Waals surface area (Å²) in [6.07, 6.45) is 3.11. The number of anilines is 1. The molecule has 0 amide bonds. The third-order valence-electron chi connectivity index (χ3n) is 5.03. The Morgan fingerprint density at radius 1 is 1.07 bits per heavy atom. The molecule has 0 saturated carbocycles. The first-order chi connectivity index (χ1) is 14.5. The van der Waals surface area contributed by atoms with Gasteiger partial charge >= 0.3 is 0 Å². The SMILES string of the molecule is CCOc1ccc(S(=O)(=O)c2nc(-c3ccccc3Br)oc2N2CCCCC2)cc1. The molecule has 4 rings (SSSR count). The average molecular weight is 491 g/mol. The Morgan fingerprint density at radius 3 is 2.43 bits per heavy atom. The van der Waals surface area contributed by atoms with Crippen LogP contribution in [0.15, 0.2) is 67.3 Å². The maximum Gasteiger partial charge on any atom is 0.236 e. The number of rotatable bonds is 6. The molecule has 3 aromatic rings. The molecule has 2 heterocycles. The molecule has 1 fully saturated rings. The average Bonchev–Trinajstić information content (AvgIpc) is 3.21. The maximum absolute atomic E-state index is 13.5. The van der Waals surface area contributed by atoms with Crippen LogP contribution in [-0.4, -0.2) is 33.1 Å². The van der Waals surface area contributed by atoms with E-state index in [9.17, 15) is 8.42 Å². The van der Waals surface area contributed by atoms with Gasteiger partial charge in [-0.05, 0) is 78.5 Å². The number of piperidine rings is 1. The van der Waals surface area contributed by atoms with Crippen LogP contribution < -0.4 is 9.64 Å². The number of sulfone groups is 1. The number of ether oxygens (including phenoxy) is 1. The minimum Gasteiger partial charge on any atom is -0.494 e. The minimum absolute atomic E-state index is 0.0423. The van der Waals surface area contributed by atoms with Gasteiger partial charge in [0.1, 0.15) is 5.75 Å². The highest BCUT2D eigenvalue weighted by Crippen LogP contribution is 2.38. The van der Waals surface area contributed by atoms with E-state index in [1.807, 2.05) is 36.1 Å². The number of nitrogens with zero attached hydrogens (tertiary/aromatic N) is 2. The second-order valence-corrected chi connectivity index (χ2v) is 9.78.